The van der Waals surface area contributed by atoms with Gasteiger partial charge in [-0.25, -0.2) is 0 Å². The molecule has 3 heteroatoms. The summed E-state index contributed by atoms with van der Waals surface area (Å²) in [7, 11) is 1.93. The molecule has 0 aromatic heterocycles. The zero-order chi connectivity index (χ0) is 11.9. The Labute approximate surface area is 102 Å². The van der Waals surface area contributed by atoms with Crippen LogP contribution in [0.4, 0.5) is 0 Å². The average Bonchev–Trinajstić information content (AvgIpc) is 2.42. The van der Waals surface area contributed by atoms with Gasteiger partial charge < -0.3 is 14.8 Å². The molecule has 1 unspecified atom stereocenters. The first-order chi connectivity index (χ1) is 8.40. The van der Waals surface area contributed by atoms with E-state index in [0.29, 0.717) is 6.61 Å². The van der Waals surface area contributed by atoms with Gasteiger partial charge in [-0.3, -0.25) is 0 Å². The zero-order valence-corrected chi connectivity index (χ0v) is 10.2. The van der Waals surface area contributed by atoms with Crippen molar-refractivity contribution in [1.29, 1.82) is 0 Å². The highest BCUT2D eigenvalue weighted by molar-refractivity contribution is 5.21. The topological polar surface area (TPSA) is 30.5 Å². The molecule has 17 heavy (non-hydrogen) atoms. The summed E-state index contributed by atoms with van der Waals surface area (Å²) >= 11 is 0. The monoisotopic (exact) mass is 233 g/mol. The van der Waals surface area contributed by atoms with Crippen molar-refractivity contribution in [1.82, 2.24) is 5.32 Å². The summed E-state index contributed by atoms with van der Waals surface area (Å²) in [6.07, 6.45) is 4.36. The molecule has 1 heterocycles. The molecule has 1 aromatic carbocycles. The largest absolute Gasteiger partial charge is 0.496 e. The zero-order valence-electron chi connectivity index (χ0n) is 10.2. The van der Waals surface area contributed by atoms with Gasteiger partial charge in [0.1, 0.15) is 18.1 Å². The Balaban J connectivity index is 1.89. The van der Waals surface area contributed by atoms with E-state index in [0.717, 1.165) is 31.0 Å². The molecule has 1 aromatic rings. The number of benzene rings is 1. The van der Waals surface area contributed by atoms with Crippen molar-refractivity contribution in [2.75, 3.05) is 20.3 Å². The van der Waals surface area contributed by atoms with Gasteiger partial charge in [0, 0.05) is 0 Å². The summed E-state index contributed by atoms with van der Waals surface area (Å²) in [6, 6.07) is 9.98. The van der Waals surface area contributed by atoms with E-state index in [1.165, 1.54) is 0 Å². The van der Waals surface area contributed by atoms with Crippen LogP contribution < -0.4 is 10.1 Å². The maximum Gasteiger partial charge on any atom is 0.119 e. The van der Waals surface area contributed by atoms with Gasteiger partial charge in [0.15, 0.2) is 0 Å². The minimum Gasteiger partial charge on any atom is -0.496 e. The van der Waals surface area contributed by atoms with Crippen molar-refractivity contribution in [2.45, 2.75) is 18.9 Å². The van der Waals surface area contributed by atoms with Gasteiger partial charge in [-0.15, -0.1) is 0 Å². The number of allylic oxidation sites excluding steroid dienone is 1. The SMILES string of the molecule is CNC(COc1ccccc1)C1=CCCCO1. The molecule has 1 aliphatic heterocycles. The number of likely N-dealkylation sites (N-methyl/N-ethyl adjacent to an activating group) is 1. The second-order valence-corrected chi connectivity index (χ2v) is 4.06. The molecule has 0 fully saturated rings. The summed E-state index contributed by atoms with van der Waals surface area (Å²) in [5, 5.41) is 3.22. The summed E-state index contributed by atoms with van der Waals surface area (Å²) in [5.74, 6) is 1.90. The van der Waals surface area contributed by atoms with Crippen molar-refractivity contribution >= 4 is 0 Å². The predicted octanol–water partition coefficient (Wildman–Crippen LogP) is 2.35. The molecule has 2 rings (SSSR count). The molecule has 3 nitrogen and oxygen atoms in total. The van der Waals surface area contributed by atoms with Gasteiger partial charge in [-0.05, 0) is 38.1 Å². The molecule has 0 bridgehead atoms. The van der Waals surface area contributed by atoms with E-state index in [-0.39, 0.29) is 6.04 Å². The van der Waals surface area contributed by atoms with Crippen LogP contribution in [0.15, 0.2) is 42.2 Å². The van der Waals surface area contributed by atoms with Crippen LogP contribution in [0.5, 0.6) is 5.75 Å². The number of para-hydroxylation sites is 1. The fraction of sp³-hybridized carbons (Fsp3) is 0.429. The predicted molar refractivity (Wildman–Crippen MR) is 68.1 cm³/mol. The highest BCUT2D eigenvalue weighted by Gasteiger charge is 2.16. The molecule has 0 saturated heterocycles. The second-order valence-electron chi connectivity index (χ2n) is 4.06. The molecule has 1 N–H and O–H groups in total. The highest BCUT2D eigenvalue weighted by atomic mass is 16.5. The van der Waals surface area contributed by atoms with E-state index >= 15 is 0 Å². The van der Waals surface area contributed by atoms with E-state index < -0.39 is 0 Å². The molecule has 0 aliphatic carbocycles. The van der Waals surface area contributed by atoms with Crippen LogP contribution in [0.1, 0.15) is 12.8 Å². The molecule has 0 radical (unpaired) electrons. The Kier molecular flexibility index (Phi) is 4.45. The minimum atomic E-state index is 0.135. The first-order valence-corrected chi connectivity index (χ1v) is 6.08. The van der Waals surface area contributed by atoms with Crippen molar-refractivity contribution in [3.05, 3.63) is 42.2 Å². The summed E-state index contributed by atoms with van der Waals surface area (Å²) in [6.45, 7) is 1.40. The van der Waals surface area contributed by atoms with Gasteiger partial charge in [-0.1, -0.05) is 18.2 Å². The number of ether oxygens (including phenoxy) is 2. The Morgan fingerprint density at radius 2 is 2.18 bits per heavy atom. The standard InChI is InChI=1S/C14H19NO2/c1-15-13(14-9-5-6-10-16-14)11-17-12-7-3-2-4-8-12/h2-4,7-9,13,15H,5-6,10-11H2,1H3. The lowest BCUT2D eigenvalue weighted by molar-refractivity contribution is 0.149. The van der Waals surface area contributed by atoms with Crippen molar-refractivity contribution < 1.29 is 9.47 Å². The third kappa shape index (κ3) is 3.49. The number of nitrogens with one attached hydrogen (secondary N) is 1. The summed E-state index contributed by atoms with van der Waals surface area (Å²) in [4.78, 5) is 0. The second kappa shape index (κ2) is 6.30. The van der Waals surface area contributed by atoms with Crippen LogP contribution in [0.25, 0.3) is 0 Å². The smallest absolute Gasteiger partial charge is 0.119 e. The van der Waals surface area contributed by atoms with Gasteiger partial charge in [0.25, 0.3) is 0 Å². The van der Waals surface area contributed by atoms with Crippen LogP contribution in [0.3, 0.4) is 0 Å². The highest BCUT2D eigenvalue weighted by Crippen LogP contribution is 2.15. The van der Waals surface area contributed by atoms with Gasteiger partial charge in [0.05, 0.1) is 12.6 Å². The lowest BCUT2D eigenvalue weighted by Crippen LogP contribution is -2.35. The maximum atomic E-state index is 5.73. The maximum absolute atomic E-state index is 5.73. The lowest BCUT2D eigenvalue weighted by Gasteiger charge is -2.23. The van der Waals surface area contributed by atoms with Crippen LogP contribution in [0, 0.1) is 0 Å². The molecular formula is C14H19NO2. The van der Waals surface area contributed by atoms with Crippen LogP contribution in [-0.4, -0.2) is 26.3 Å². The van der Waals surface area contributed by atoms with Crippen LogP contribution in [0.2, 0.25) is 0 Å². The quantitative estimate of drug-likeness (QED) is 0.846. The van der Waals surface area contributed by atoms with Crippen molar-refractivity contribution in [3.8, 4) is 5.75 Å². The number of hydrogen-bond acceptors (Lipinski definition) is 3. The van der Waals surface area contributed by atoms with Gasteiger partial charge >= 0.3 is 0 Å². The molecule has 0 spiro atoms. The van der Waals surface area contributed by atoms with E-state index in [9.17, 15) is 0 Å². The molecular weight excluding hydrogens is 214 g/mol. The molecule has 92 valence electrons. The normalized spacial score (nSPS) is 16.9. The Bertz CT molecular complexity index is 362. The molecule has 0 saturated carbocycles. The van der Waals surface area contributed by atoms with Crippen molar-refractivity contribution in [3.63, 3.8) is 0 Å². The van der Waals surface area contributed by atoms with E-state index in [2.05, 4.69) is 11.4 Å². The number of rotatable bonds is 5. The van der Waals surface area contributed by atoms with Crippen LogP contribution >= 0.6 is 0 Å². The van der Waals surface area contributed by atoms with Crippen LogP contribution in [-0.2, 0) is 4.74 Å². The average molecular weight is 233 g/mol. The number of hydrogen-bond donors (Lipinski definition) is 1. The Hall–Kier alpha value is -1.48. The fourth-order valence-electron chi connectivity index (χ4n) is 1.82. The van der Waals surface area contributed by atoms with Crippen molar-refractivity contribution in [2.24, 2.45) is 0 Å². The minimum absolute atomic E-state index is 0.135. The molecule has 1 aliphatic rings. The van der Waals surface area contributed by atoms with E-state index in [4.69, 9.17) is 9.47 Å². The first-order valence-electron chi connectivity index (χ1n) is 6.08. The lowest BCUT2D eigenvalue weighted by atomic mass is 10.1. The summed E-state index contributed by atoms with van der Waals surface area (Å²) < 4.78 is 11.4. The molecule has 0 amide bonds. The van der Waals surface area contributed by atoms with E-state index in [1.54, 1.807) is 0 Å². The first kappa shape index (κ1) is 12.0. The third-order valence-electron chi connectivity index (χ3n) is 2.81. The Morgan fingerprint density at radius 3 is 2.82 bits per heavy atom. The van der Waals surface area contributed by atoms with Gasteiger partial charge in [0.2, 0.25) is 0 Å². The third-order valence-corrected chi connectivity index (χ3v) is 2.81. The van der Waals surface area contributed by atoms with Gasteiger partial charge in [-0.2, -0.15) is 0 Å². The Morgan fingerprint density at radius 1 is 1.35 bits per heavy atom. The van der Waals surface area contributed by atoms with E-state index in [1.807, 2.05) is 37.4 Å². The molecule has 1 atom stereocenters. The summed E-state index contributed by atoms with van der Waals surface area (Å²) in [5.41, 5.74) is 0. The fourth-order valence-corrected chi connectivity index (χ4v) is 1.82.